The maximum Gasteiger partial charge on any atom is 0.289 e. The zero-order chi connectivity index (χ0) is 17.4. The molecule has 4 nitrogen and oxygen atoms in total. The molecule has 2 aromatic heterocycles. The molecular weight excluding hydrogens is 356 g/mol. The fourth-order valence-electron chi connectivity index (χ4n) is 3.18. The third-order valence-corrected chi connectivity index (χ3v) is 6.28. The zero-order valence-electron chi connectivity index (χ0n) is 14.0. The third-order valence-electron chi connectivity index (χ3n) is 4.58. The van der Waals surface area contributed by atoms with Crippen LogP contribution in [0.4, 0.5) is 0 Å². The number of carbonyl (C=O) groups excluding carboxylic acids is 1. The smallest absolute Gasteiger partial charge is 0.289 e. The summed E-state index contributed by atoms with van der Waals surface area (Å²) in [6.45, 7) is 5.79. The first kappa shape index (κ1) is 16.6. The summed E-state index contributed by atoms with van der Waals surface area (Å²) in [6.07, 6.45) is 0. The van der Waals surface area contributed by atoms with Crippen molar-refractivity contribution >= 4 is 38.9 Å². The van der Waals surface area contributed by atoms with Crippen molar-refractivity contribution in [3.05, 3.63) is 57.8 Å². The van der Waals surface area contributed by atoms with Crippen molar-refractivity contribution in [1.82, 2.24) is 9.80 Å². The molecule has 1 aromatic carbocycles. The van der Waals surface area contributed by atoms with Crippen molar-refractivity contribution < 1.29 is 9.21 Å². The molecule has 3 heterocycles. The normalized spacial score (nSPS) is 15.8. The minimum absolute atomic E-state index is 0.0207. The van der Waals surface area contributed by atoms with Gasteiger partial charge in [0.1, 0.15) is 5.76 Å². The maximum absolute atomic E-state index is 12.4. The van der Waals surface area contributed by atoms with Crippen molar-refractivity contribution in [2.75, 3.05) is 26.2 Å². The Morgan fingerprint density at radius 3 is 2.60 bits per heavy atom. The molecular formula is C19H19ClN2O2S. The Bertz CT molecular complexity index is 909. The second-order valence-electron chi connectivity index (χ2n) is 6.31. The van der Waals surface area contributed by atoms with Crippen LogP contribution in [0.5, 0.6) is 0 Å². The molecule has 1 fully saturated rings. The lowest BCUT2D eigenvalue weighted by Crippen LogP contribution is -2.48. The molecule has 4 rings (SSSR count). The number of benzene rings is 1. The van der Waals surface area contributed by atoms with Crippen LogP contribution in [0, 0.1) is 6.92 Å². The zero-order valence-corrected chi connectivity index (χ0v) is 15.6. The van der Waals surface area contributed by atoms with E-state index in [1.165, 1.54) is 9.58 Å². The first-order valence-corrected chi connectivity index (χ1v) is 9.55. The molecule has 0 saturated carbocycles. The van der Waals surface area contributed by atoms with E-state index in [0.29, 0.717) is 18.8 Å². The number of amides is 1. The Kier molecular flexibility index (Phi) is 4.54. The Balaban J connectivity index is 1.40. The van der Waals surface area contributed by atoms with Gasteiger partial charge in [-0.15, -0.1) is 11.3 Å². The summed E-state index contributed by atoms with van der Waals surface area (Å²) in [5.74, 6) is 1.17. The summed E-state index contributed by atoms with van der Waals surface area (Å²) in [6, 6.07) is 11.8. The van der Waals surface area contributed by atoms with Gasteiger partial charge in [-0.1, -0.05) is 29.8 Å². The number of piperazine rings is 1. The van der Waals surface area contributed by atoms with Crippen molar-refractivity contribution in [3.8, 4) is 0 Å². The molecule has 0 atom stereocenters. The van der Waals surface area contributed by atoms with Crippen LogP contribution in [0.2, 0.25) is 5.02 Å². The molecule has 1 aliphatic rings. The van der Waals surface area contributed by atoms with Crippen LogP contribution in [0.15, 0.2) is 40.8 Å². The lowest BCUT2D eigenvalue weighted by molar-refractivity contribution is 0.0597. The summed E-state index contributed by atoms with van der Waals surface area (Å²) in [7, 11) is 0. The van der Waals surface area contributed by atoms with Crippen LogP contribution in [0.3, 0.4) is 0 Å². The van der Waals surface area contributed by atoms with Gasteiger partial charge in [-0.2, -0.15) is 0 Å². The van der Waals surface area contributed by atoms with E-state index >= 15 is 0 Å². The molecule has 0 bridgehead atoms. The number of furan rings is 1. The fraction of sp³-hybridized carbons (Fsp3) is 0.316. The number of thiophene rings is 1. The second kappa shape index (κ2) is 6.83. The van der Waals surface area contributed by atoms with Crippen molar-refractivity contribution in [1.29, 1.82) is 0 Å². The Hall–Kier alpha value is -1.82. The highest BCUT2D eigenvalue weighted by Crippen LogP contribution is 2.36. The number of rotatable bonds is 3. The predicted octanol–water partition coefficient (Wildman–Crippen LogP) is 4.41. The average molecular weight is 375 g/mol. The number of nitrogens with zero attached hydrogens (tertiary/aromatic N) is 2. The van der Waals surface area contributed by atoms with Crippen LogP contribution in [-0.2, 0) is 6.54 Å². The molecule has 0 radical (unpaired) electrons. The number of fused-ring (bicyclic) bond motifs is 1. The van der Waals surface area contributed by atoms with Gasteiger partial charge in [0.15, 0.2) is 5.76 Å². The largest absolute Gasteiger partial charge is 0.456 e. The van der Waals surface area contributed by atoms with Gasteiger partial charge in [0.2, 0.25) is 0 Å². The first-order valence-electron chi connectivity index (χ1n) is 8.36. The summed E-state index contributed by atoms with van der Waals surface area (Å²) in [5, 5.41) is 2.00. The van der Waals surface area contributed by atoms with Crippen molar-refractivity contribution in [2.45, 2.75) is 13.5 Å². The lowest BCUT2D eigenvalue weighted by atomic mass is 10.2. The van der Waals surface area contributed by atoms with Crippen LogP contribution in [-0.4, -0.2) is 41.9 Å². The molecule has 0 unspecified atom stereocenters. The van der Waals surface area contributed by atoms with Gasteiger partial charge in [-0.05, 0) is 25.1 Å². The predicted molar refractivity (Wildman–Crippen MR) is 101 cm³/mol. The van der Waals surface area contributed by atoms with E-state index in [1.54, 1.807) is 17.4 Å². The number of halogens is 1. The van der Waals surface area contributed by atoms with Gasteiger partial charge in [-0.3, -0.25) is 9.69 Å². The molecule has 25 heavy (non-hydrogen) atoms. The molecule has 1 amide bonds. The van der Waals surface area contributed by atoms with E-state index in [2.05, 4.69) is 17.0 Å². The van der Waals surface area contributed by atoms with Gasteiger partial charge in [-0.25, -0.2) is 0 Å². The van der Waals surface area contributed by atoms with Crippen LogP contribution in [0.1, 0.15) is 21.2 Å². The molecule has 130 valence electrons. The Labute approximate surface area is 155 Å². The van der Waals surface area contributed by atoms with Crippen molar-refractivity contribution in [3.63, 3.8) is 0 Å². The fourth-order valence-corrected chi connectivity index (χ4v) is 4.72. The van der Waals surface area contributed by atoms with E-state index in [4.69, 9.17) is 16.0 Å². The second-order valence-corrected chi connectivity index (χ2v) is 7.83. The quantitative estimate of drug-likeness (QED) is 0.681. The summed E-state index contributed by atoms with van der Waals surface area (Å²) in [5.41, 5.74) is 0. The molecule has 3 aromatic rings. The van der Waals surface area contributed by atoms with E-state index in [1.807, 2.05) is 30.0 Å². The topological polar surface area (TPSA) is 36.7 Å². The lowest BCUT2D eigenvalue weighted by Gasteiger charge is -2.34. The SMILES string of the molecule is Cc1ccc(C(=O)N2CCN(Cc3sc4ccccc4c3Cl)CC2)o1. The maximum atomic E-state index is 12.4. The van der Waals surface area contributed by atoms with Crippen molar-refractivity contribution in [2.24, 2.45) is 0 Å². The average Bonchev–Trinajstić information content (AvgIpc) is 3.20. The highest BCUT2D eigenvalue weighted by atomic mass is 35.5. The van der Waals surface area contributed by atoms with Gasteiger partial charge < -0.3 is 9.32 Å². The monoisotopic (exact) mass is 374 g/mol. The molecule has 1 saturated heterocycles. The van der Waals surface area contributed by atoms with Gasteiger partial charge in [0.05, 0.1) is 5.02 Å². The molecule has 0 spiro atoms. The van der Waals surface area contributed by atoms with E-state index in [-0.39, 0.29) is 5.91 Å². The molecule has 0 aliphatic carbocycles. The van der Waals surface area contributed by atoms with Crippen LogP contribution in [0.25, 0.3) is 10.1 Å². The van der Waals surface area contributed by atoms with Gasteiger partial charge >= 0.3 is 0 Å². The summed E-state index contributed by atoms with van der Waals surface area (Å²) >= 11 is 8.30. The third kappa shape index (κ3) is 3.32. The van der Waals surface area contributed by atoms with E-state index in [0.717, 1.165) is 35.8 Å². The van der Waals surface area contributed by atoms with E-state index < -0.39 is 0 Å². The van der Waals surface area contributed by atoms with Gasteiger partial charge in [0, 0.05) is 47.7 Å². The van der Waals surface area contributed by atoms with Crippen LogP contribution < -0.4 is 0 Å². The Morgan fingerprint density at radius 1 is 1.16 bits per heavy atom. The number of hydrogen-bond acceptors (Lipinski definition) is 4. The first-order chi connectivity index (χ1) is 12.1. The highest BCUT2D eigenvalue weighted by Gasteiger charge is 2.25. The molecule has 0 N–H and O–H groups in total. The minimum atomic E-state index is -0.0207. The van der Waals surface area contributed by atoms with Gasteiger partial charge in [0.25, 0.3) is 5.91 Å². The summed E-state index contributed by atoms with van der Waals surface area (Å²) in [4.78, 5) is 17.9. The molecule has 6 heteroatoms. The molecule has 1 aliphatic heterocycles. The number of hydrogen-bond donors (Lipinski definition) is 0. The van der Waals surface area contributed by atoms with E-state index in [9.17, 15) is 4.79 Å². The van der Waals surface area contributed by atoms with Crippen LogP contribution >= 0.6 is 22.9 Å². The minimum Gasteiger partial charge on any atom is -0.456 e. The number of carbonyl (C=O) groups is 1. The number of aryl methyl sites for hydroxylation is 1. The highest BCUT2D eigenvalue weighted by molar-refractivity contribution is 7.19. The summed E-state index contributed by atoms with van der Waals surface area (Å²) < 4.78 is 6.68. The Morgan fingerprint density at radius 2 is 1.92 bits per heavy atom. The standard InChI is InChI=1S/C19H19ClN2O2S/c1-13-6-7-15(24-13)19(23)22-10-8-21(9-11-22)12-17-18(20)14-4-2-3-5-16(14)25-17/h2-7H,8-12H2,1H3.